The van der Waals surface area contributed by atoms with Crippen molar-refractivity contribution < 1.29 is 22.4 Å². The van der Waals surface area contributed by atoms with Crippen LogP contribution in [-0.2, 0) is 14.8 Å². The number of amides is 2. The van der Waals surface area contributed by atoms with Gasteiger partial charge >= 0.3 is 0 Å². The van der Waals surface area contributed by atoms with Crippen LogP contribution in [0.25, 0.3) is 0 Å². The van der Waals surface area contributed by atoms with Crippen LogP contribution in [0.15, 0.2) is 23.1 Å². The second-order valence-corrected chi connectivity index (χ2v) is 10.3. The van der Waals surface area contributed by atoms with Crippen LogP contribution in [-0.4, -0.2) is 98.1 Å². The molecule has 3 aliphatic rings. The molecule has 0 unspecified atom stereocenters. The van der Waals surface area contributed by atoms with E-state index in [1.54, 1.807) is 4.90 Å². The number of carbonyl (C=O) groups is 2. The molecule has 0 aliphatic carbocycles. The Hall–Kier alpha value is -2.04. The van der Waals surface area contributed by atoms with Gasteiger partial charge in [-0.2, -0.15) is 4.31 Å². The van der Waals surface area contributed by atoms with Crippen LogP contribution in [0, 0.1) is 5.82 Å². The number of hydrogen-bond acceptors (Lipinski definition) is 5. The maximum Gasteiger partial charge on any atom is 0.253 e. The van der Waals surface area contributed by atoms with Crippen LogP contribution in [0.4, 0.5) is 4.39 Å². The van der Waals surface area contributed by atoms with Gasteiger partial charge in [0.1, 0.15) is 10.7 Å². The van der Waals surface area contributed by atoms with Crippen LogP contribution < -0.4 is 0 Å². The highest BCUT2D eigenvalue weighted by atomic mass is 32.2. The Labute approximate surface area is 182 Å². The monoisotopic (exact) mass is 452 g/mol. The summed E-state index contributed by atoms with van der Waals surface area (Å²) in [5.41, 5.74) is 0.167. The van der Waals surface area contributed by atoms with Crippen molar-refractivity contribution in [2.24, 2.45) is 0 Å². The normalized spacial score (nSPS) is 21.1. The molecule has 0 atom stereocenters. The summed E-state index contributed by atoms with van der Waals surface area (Å²) in [7, 11) is -3.95. The molecule has 3 aliphatic heterocycles. The summed E-state index contributed by atoms with van der Waals surface area (Å²) in [6, 6.07) is 3.56. The van der Waals surface area contributed by atoms with Gasteiger partial charge < -0.3 is 9.80 Å². The Balaban J connectivity index is 1.39. The lowest BCUT2D eigenvalue weighted by atomic mass is 10.1. The van der Waals surface area contributed by atoms with Gasteiger partial charge in [0.05, 0.1) is 6.54 Å². The summed E-state index contributed by atoms with van der Waals surface area (Å²) in [5.74, 6) is -1.02. The van der Waals surface area contributed by atoms with Crippen molar-refractivity contribution in [1.82, 2.24) is 19.0 Å². The van der Waals surface area contributed by atoms with Crippen molar-refractivity contribution in [2.75, 3.05) is 58.9 Å². The average Bonchev–Trinajstić information content (AvgIpc) is 3.48. The van der Waals surface area contributed by atoms with Crippen molar-refractivity contribution in [3.05, 3.63) is 29.6 Å². The number of nitrogens with zero attached hydrogens (tertiary/aromatic N) is 4. The molecular formula is C21H29FN4O4S. The third kappa shape index (κ3) is 4.75. The van der Waals surface area contributed by atoms with E-state index >= 15 is 0 Å². The molecule has 3 fully saturated rings. The maximum absolute atomic E-state index is 14.4. The van der Waals surface area contributed by atoms with Gasteiger partial charge in [-0.1, -0.05) is 0 Å². The summed E-state index contributed by atoms with van der Waals surface area (Å²) in [5, 5.41) is 0. The number of rotatable bonds is 5. The highest BCUT2D eigenvalue weighted by Crippen LogP contribution is 2.25. The number of piperazine rings is 1. The molecule has 170 valence electrons. The average molecular weight is 453 g/mol. The molecule has 0 radical (unpaired) electrons. The van der Waals surface area contributed by atoms with Crippen LogP contribution in [0.5, 0.6) is 0 Å². The fraction of sp³-hybridized carbons (Fsp3) is 0.619. The van der Waals surface area contributed by atoms with E-state index < -0.39 is 20.7 Å². The fourth-order valence-corrected chi connectivity index (χ4v) is 6.06. The van der Waals surface area contributed by atoms with Crippen molar-refractivity contribution in [3.8, 4) is 0 Å². The summed E-state index contributed by atoms with van der Waals surface area (Å²) in [6.07, 6.45) is 3.62. The fourth-order valence-electron chi connectivity index (χ4n) is 4.45. The maximum atomic E-state index is 14.4. The van der Waals surface area contributed by atoms with E-state index in [2.05, 4.69) is 0 Å². The molecule has 1 aromatic rings. The van der Waals surface area contributed by atoms with E-state index in [0.29, 0.717) is 45.8 Å². The molecule has 0 N–H and O–H groups in total. The quantitative estimate of drug-likeness (QED) is 0.666. The third-order valence-corrected chi connectivity index (χ3v) is 8.25. The first-order valence-electron chi connectivity index (χ1n) is 11.0. The molecule has 0 saturated carbocycles. The molecule has 3 saturated heterocycles. The minimum Gasteiger partial charge on any atom is -0.342 e. The topological polar surface area (TPSA) is 81.2 Å². The Morgan fingerprint density at radius 2 is 1.45 bits per heavy atom. The third-order valence-electron chi connectivity index (χ3n) is 6.34. The lowest BCUT2D eigenvalue weighted by molar-refractivity contribution is -0.131. The summed E-state index contributed by atoms with van der Waals surface area (Å²) >= 11 is 0. The smallest absolute Gasteiger partial charge is 0.253 e. The first kappa shape index (κ1) is 22.2. The highest BCUT2D eigenvalue weighted by molar-refractivity contribution is 7.89. The van der Waals surface area contributed by atoms with E-state index in [1.165, 1.54) is 10.4 Å². The SMILES string of the molecule is O=C(CN1CCN(C(=O)c2ccc(F)c(S(=O)(=O)N3CCCC3)c2)CC1)N1CCCC1. The molecule has 4 rings (SSSR count). The second kappa shape index (κ2) is 9.22. The number of sulfonamides is 1. The molecule has 2 amide bonds. The first-order chi connectivity index (χ1) is 14.9. The van der Waals surface area contributed by atoms with Crippen LogP contribution in [0.1, 0.15) is 36.0 Å². The zero-order chi connectivity index (χ0) is 22.0. The van der Waals surface area contributed by atoms with Crippen molar-refractivity contribution in [2.45, 2.75) is 30.6 Å². The minimum absolute atomic E-state index is 0.132. The molecule has 1 aromatic carbocycles. The zero-order valence-corrected chi connectivity index (χ0v) is 18.4. The molecule has 0 bridgehead atoms. The van der Waals surface area contributed by atoms with Gasteiger partial charge in [-0.25, -0.2) is 12.8 Å². The van der Waals surface area contributed by atoms with Crippen LogP contribution in [0.3, 0.4) is 0 Å². The van der Waals surface area contributed by atoms with Crippen LogP contribution in [0.2, 0.25) is 0 Å². The van der Waals surface area contributed by atoms with Gasteiger partial charge in [-0.05, 0) is 43.9 Å². The van der Waals surface area contributed by atoms with Gasteiger partial charge in [-0.15, -0.1) is 0 Å². The van der Waals surface area contributed by atoms with Gasteiger partial charge in [0, 0.05) is 57.9 Å². The molecule has 0 aromatic heterocycles. The predicted octanol–water partition coefficient (Wildman–Crippen LogP) is 0.990. The minimum atomic E-state index is -3.95. The number of hydrogen-bond donors (Lipinski definition) is 0. The molecule has 10 heteroatoms. The molecule has 0 spiro atoms. The van der Waals surface area contributed by atoms with E-state index in [1.807, 2.05) is 9.80 Å². The lowest BCUT2D eigenvalue weighted by Crippen LogP contribution is -2.51. The van der Waals surface area contributed by atoms with E-state index in [0.717, 1.165) is 50.9 Å². The molecular weight excluding hydrogens is 423 g/mol. The second-order valence-electron chi connectivity index (χ2n) is 8.41. The Morgan fingerprint density at radius 1 is 0.839 bits per heavy atom. The van der Waals surface area contributed by atoms with Crippen molar-refractivity contribution in [1.29, 1.82) is 0 Å². The molecule has 3 heterocycles. The number of likely N-dealkylation sites (tertiary alicyclic amines) is 1. The lowest BCUT2D eigenvalue weighted by Gasteiger charge is -2.35. The van der Waals surface area contributed by atoms with Gasteiger partial charge in [0.25, 0.3) is 5.91 Å². The summed E-state index contributed by atoms with van der Waals surface area (Å²) in [4.78, 5) is 30.4. The summed E-state index contributed by atoms with van der Waals surface area (Å²) < 4.78 is 41.2. The van der Waals surface area contributed by atoms with E-state index in [4.69, 9.17) is 0 Å². The summed E-state index contributed by atoms with van der Waals surface area (Å²) in [6.45, 7) is 4.79. The van der Waals surface area contributed by atoms with Gasteiger partial charge in [-0.3, -0.25) is 14.5 Å². The Kier molecular flexibility index (Phi) is 6.59. The zero-order valence-electron chi connectivity index (χ0n) is 17.6. The number of carbonyl (C=O) groups excluding carboxylic acids is 2. The predicted molar refractivity (Wildman–Crippen MR) is 113 cm³/mol. The molecule has 8 nitrogen and oxygen atoms in total. The Bertz CT molecular complexity index is 935. The highest BCUT2D eigenvalue weighted by Gasteiger charge is 2.31. The van der Waals surface area contributed by atoms with E-state index in [9.17, 15) is 22.4 Å². The van der Waals surface area contributed by atoms with E-state index in [-0.39, 0.29) is 17.4 Å². The standard InChI is InChI=1S/C21H29FN4O4S/c22-18-6-5-17(15-19(18)31(29,30)26-9-3-4-10-26)21(28)25-13-11-23(12-14-25)16-20(27)24-7-1-2-8-24/h5-6,15H,1-4,7-14,16H2. The van der Waals surface area contributed by atoms with Crippen molar-refractivity contribution in [3.63, 3.8) is 0 Å². The van der Waals surface area contributed by atoms with Gasteiger partial charge in [0.15, 0.2) is 0 Å². The van der Waals surface area contributed by atoms with Gasteiger partial charge in [0.2, 0.25) is 15.9 Å². The number of halogens is 1. The van der Waals surface area contributed by atoms with Crippen LogP contribution >= 0.6 is 0 Å². The van der Waals surface area contributed by atoms with Crippen molar-refractivity contribution >= 4 is 21.8 Å². The largest absolute Gasteiger partial charge is 0.342 e. The number of benzene rings is 1. The Morgan fingerprint density at radius 3 is 2.10 bits per heavy atom. The first-order valence-corrected chi connectivity index (χ1v) is 12.4. The molecule has 31 heavy (non-hydrogen) atoms.